The maximum absolute atomic E-state index is 12.6. The zero-order valence-corrected chi connectivity index (χ0v) is 17.9. The van der Waals surface area contributed by atoms with Gasteiger partial charge in [-0.05, 0) is 41.5 Å². The number of benzene rings is 3. The summed E-state index contributed by atoms with van der Waals surface area (Å²) in [5.74, 6) is 0.181. The standard InChI is InChI=1S/C23H20BrN3O3/c1-29-22-11-10-16(12-18(22)13-25)14-26-21-9-5-3-7-19(21)23(28)27-30-15-17-6-2-4-8-20(17)24/h2-12,26H,14-15H2,1H3,(H,27,28). The summed E-state index contributed by atoms with van der Waals surface area (Å²) in [4.78, 5) is 18.0. The molecule has 0 aliphatic rings. The summed E-state index contributed by atoms with van der Waals surface area (Å²) >= 11 is 3.45. The van der Waals surface area contributed by atoms with E-state index in [4.69, 9.17) is 9.57 Å². The second kappa shape index (κ2) is 10.4. The van der Waals surface area contributed by atoms with E-state index in [0.29, 0.717) is 29.1 Å². The Labute approximate surface area is 183 Å². The minimum Gasteiger partial charge on any atom is -0.495 e. The fourth-order valence-electron chi connectivity index (χ4n) is 2.83. The predicted octanol–water partition coefficient (Wildman–Crippen LogP) is 4.80. The van der Waals surface area contributed by atoms with Crippen molar-refractivity contribution in [3.05, 3.63) is 93.5 Å². The lowest BCUT2D eigenvalue weighted by Crippen LogP contribution is -2.24. The van der Waals surface area contributed by atoms with E-state index in [1.807, 2.05) is 42.5 Å². The number of carbonyl (C=O) groups excluding carboxylic acids is 1. The largest absolute Gasteiger partial charge is 0.495 e. The number of carbonyl (C=O) groups is 1. The molecule has 0 aliphatic carbocycles. The molecule has 1 amide bonds. The second-order valence-corrected chi connectivity index (χ2v) is 7.21. The van der Waals surface area contributed by atoms with Crippen LogP contribution in [0.2, 0.25) is 0 Å². The number of hydrogen-bond acceptors (Lipinski definition) is 5. The van der Waals surface area contributed by atoms with Crippen LogP contribution in [0.1, 0.15) is 27.0 Å². The number of nitriles is 1. The number of hydrogen-bond donors (Lipinski definition) is 2. The molecule has 0 saturated heterocycles. The Balaban J connectivity index is 1.63. The van der Waals surface area contributed by atoms with Crippen LogP contribution in [0.3, 0.4) is 0 Å². The van der Waals surface area contributed by atoms with Gasteiger partial charge in [-0.15, -0.1) is 0 Å². The van der Waals surface area contributed by atoms with Crippen LogP contribution in [-0.4, -0.2) is 13.0 Å². The Kier molecular flexibility index (Phi) is 7.44. The Morgan fingerprint density at radius 3 is 2.63 bits per heavy atom. The topological polar surface area (TPSA) is 83.4 Å². The molecule has 0 bridgehead atoms. The first-order chi connectivity index (χ1) is 14.6. The summed E-state index contributed by atoms with van der Waals surface area (Å²) in [6.45, 7) is 0.687. The van der Waals surface area contributed by atoms with Gasteiger partial charge in [-0.1, -0.05) is 52.3 Å². The van der Waals surface area contributed by atoms with Gasteiger partial charge in [0.25, 0.3) is 5.91 Å². The molecule has 3 aromatic carbocycles. The van der Waals surface area contributed by atoms with Crippen LogP contribution in [0.15, 0.2) is 71.2 Å². The molecule has 3 rings (SSSR count). The van der Waals surface area contributed by atoms with Crippen molar-refractivity contribution in [2.75, 3.05) is 12.4 Å². The van der Waals surface area contributed by atoms with Crippen LogP contribution in [0.5, 0.6) is 5.75 Å². The van der Waals surface area contributed by atoms with Gasteiger partial charge in [0.1, 0.15) is 18.4 Å². The van der Waals surface area contributed by atoms with Crippen molar-refractivity contribution in [3.8, 4) is 11.8 Å². The summed E-state index contributed by atoms with van der Waals surface area (Å²) in [7, 11) is 1.53. The molecule has 0 aliphatic heterocycles. The van der Waals surface area contributed by atoms with E-state index >= 15 is 0 Å². The second-order valence-electron chi connectivity index (χ2n) is 6.36. The van der Waals surface area contributed by atoms with E-state index in [-0.39, 0.29) is 12.5 Å². The van der Waals surface area contributed by atoms with Crippen molar-refractivity contribution in [1.29, 1.82) is 5.26 Å². The van der Waals surface area contributed by atoms with Crippen LogP contribution >= 0.6 is 15.9 Å². The number of anilines is 1. The molecule has 7 heteroatoms. The van der Waals surface area contributed by atoms with E-state index in [1.54, 1.807) is 24.3 Å². The molecule has 0 fully saturated rings. The van der Waals surface area contributed by atoms with Crippen LogP contribution in [0.4, 0.5) is 5.69 Å². The van der Waals surface area contributed by atoms with Crippen LogP contribution in [0, 0.1) is 11.3 Å². The molecule has 0 atom stereocenters. The lowest BCUT2D eigenvalue weighted by atomic mass is 10.1. The molecular weight excluding hydrogens is 446 g/mol. The summed E-state index contributed by atoms with van der Waals surface area (Å²) in [5, 5.41) is 12.5. The maximum atomic E-state index is 12.6. The van der Waals surface area contributed by atoms with Crippen molar-refractivity contribution in [2.45, 2.75) is 13.2 Å². The van der Waals surface area contributed by atoms with Gasteiger partial charge in [0, 0.05) is 16.7 Å². The quantitative estimate of drug-likeness (QED) is 0.466. The average molecular weight is 466 g/mol. The average Bonchev–Trinajstić information content (AvgIpc) is 2.78. The Morgan fingerprint density at radius 1 is 1.10 bits per heavy atom. The number of nitrogens with zero attached hydrogens (tertiary/aromatic N) is 1. The Morgan fingerprint density at radius 2 is 1.87 bits per heavy atom. The van der Waals surface area contributed by atoms with Crippen molar-refractivity contribution in [3.63, 3.8) is 0 Å². The molecule has 6 nitrogen and oxygen atoms in total. The number of rotatable bonds is 8. The summed E-state index contributed by atoms with van der Waals surface area (Å²) in [6.07, 6.45) is 0. The number of para-hydroxylation sites is 1. The highest BCUT2D eigenvalue weighted by Gasteiger charge is 2.12. The van der Waals surface area contributed by atoms with E-state index in [0.717, 1.165) is 15.6 Å². The summed E-state index contributed by atoms with van der Waals surface area (Å²) in [6, 6.07) is 22.3. The highest BCUT2D eigenvalue weighted by molar-refractivity contribution is 9.10. The fourth-order valence-corrected chi connectivity index (χ4v) is 3.23. The first-order valence-electron chi connectivity index (χ1n) is 9.18. The minimum absolute atomic E-state index is 0.242. The lowest BCUT2D eigenvalue weighted by Gasteiger charge is -2.13. The third-order valence-electron chi connectivity index (χ3n) is 4.39. The first-order valence-corrected chi connectivity index (χ1v) is 9.97. The minimum atomic E-state index is -0.349. The summed E-state index contributed by atoms with van der Waals surface area (Å²) in [5.41, 5.74) is 5.89. The van der Waals surface area contributed by atoms with E-state index < -0.39 is 0 Å². The molecular formula is C23H20BrN3O3. The van der Waals surface area contributed by atoms with E-state index in [1.165, 1.54) is 7.11 Å². The lowest BCUT2D eigenvalue weighted by molar-refractivity contribution is 0.0232. The smallest absolute Gasteiger partial charge is 0.276 e. The number of halogens is 1. The number of hydroxylamine groups is 1. The third-order valence-corrected chi connectivity index (χ3v) is 5.16. The van der Waals surface area contributed by atoms with Crippen molar-refractivity contribution >= 4 is 27.5 Å². The molecule has 2 N–H and O–H groups in total. The molecule has 30 heavy (non-hydrogen) atoms. The van der Waals surface area contributed by atoms with Gasteiger partial charge < -0.3 is 10.1 Å². The molecule has 0 heterocycles. The number of amides is 1. The zero-order chi connectivity index (χ0) is 21.3. The molecule has 0 radical (unpaired) electrons. The van der Waals surface area contributed by atoms with Crippen molar-refractivity contribution in [2.24, 2.45) is 0 Å². The SMILES string of the molecule is COc1ccc(CNc2ccccc2C(=O)NOCc2ccccc2Br)cc1C#N. The summed E-state index contributed by atoms with van der Waals surface area (Å²) < 4.78 is 6.08. The zero-order valence-electron chi connectivity index (χ0n) is 16.3. The highest BCUT2D eigenvalue weighted by atomic mass is 79.9. The monoisotopic (exact) mass is 465 g/mol. The van der Waals surface area contributed by atoms with Crippen molar-refractivity contribution in [1.82, 2.24) is 5.48 Å². The molecule has 0 aromatic heterocycles. The Bertz CT molecular complexity index is 1080. The fraction of sp³-hybridized carbons (Fsp3) is 0.130. The van der Waals surface area contributed by atoms with E-state index in [2.05, 4.69) is 32.8 Å². The first kappa shape index (κ1) is 21.4. The number of methoxy groups -OCH3 is 1. The van der Waals surface area contributed by atoms with Gasteiger partial charge >= 0.3 is 0 Å². The highest BCUT2D eigenvalue weighted by Crippen LogP contribution is 2.21. The van der Waals surface area contributed by atoms with Gasteiger partial charge in [0.2, 0.25) is 0 Å². The third kappa shape index (κ3) is 5.38. The normalized spacial score (nSPS) is 10.2. The van der Waals surface area contributed by atoms with Crippen molar-refractivity contribution < 1.29 is 14.4 Å². The molecule has 3 aromatic rings. The molecule has 0 saturated carbocycles. The van der Waals surface area contributed by atoms with E-state index in [9.17, 15) is 10.1 Å². The van der Waals surface area contributed by atoms with Gasteiger partial charge in [-0.25, -0.2) is 5.48 Å². The van der Waals surface area contributed by atoms with Crippen LogP contribution in [0.25, 0.3) is 0 Å². The van der Waals surface area contributed by atoms with Crippen LogP contribution < -0.4 is 15.5 Å². The van der Waals surface area contributed by atoms with Gasteiger partial charge in [0.05, 0.1) is 18.2 Å². The molecule has 0 spiro atoms. The van der Waals surface area contributed by atoms with Gasteiger partial charge in [0.15, 0.2) is 0 Å². The molecule has 0 unspecified atom stereocenters. The predicted molar refractivity (Wildman–Crippen MR) is 118 cm³/mol. The number of nitrogens with one attached hydrogen (secondary N) is 2. The Hall–Kier alpha value is -3.34. The van der Waals surface area contributed by atoms with Gasteiger partial charge in [-0.3, -0.25) is 9.63 Å². The maximum Gasteiger partial charge on any atom is 0.276 e. The number of ether oxygens (including phenoxy) is 1. The molecule has 152 valence electrons. The van der Waals surface area contributed by atoms with Crippen LogP contribution in [-0.2, 0) is 18.0 Å². The van der Waals surface area contributed by atoms with Gasteiger partial charge in [-0.2, -0.15) is 5.26 Å².